The van der Waals surface area contributed by atoms with Crippen LogP contribution in [0.1, 0.15) is 22.2 Å². The molecule has 10 heteroatoms. The van der Waals surface area contributed by atoms with Crippen LogP contribution < -0.4 is 4.74 Å². The number of methoxy groups -OCH3 is 1. The molecule has 0 aliphatic heterocycles. The van der Waals surface area contributed by atoms with Crippen LogP contribution in [0.3, 0.4) is 0 Å². The van der Waals surface area contributed by atoms with Crippen molar-refractivity contribution >= 4 is 5.97 Å². The molecule has 0 unspecified atom stereocenters. The van der Waals surface area contributed by atoms with Gasteiger partial charge in [-0.25, -0.2) is 19.2 Å². The molecule has 6 nitrogen and oxygen atoms in total. The first-order chi connectivity index (χ1) is 11.1. The monoisotopic (exact) mass is 346 g/mol. The van der Waals surface area contributed by atoms with Crippen LogP contribution in [-0.4, -0.2) is 39.4 Å². The number of carboxylic acids is 1. The Morgan fingerprint density at radius 2 is 2.00 bits per heavy atom. The summed E-state index contributed by atoms with van der Waals surface area (Å²) in [6.07, 6.45) is -6.80. The third kappa shape index (κ3) is 3.43. The standard InChI is InChI=1S/C14H10F4N2O4/c1-24-12-10(13(22)23)20-9(5-19-12)7-4-6(2-3-8(7)15)11(21)14(16,17)18/h2-5,11,21H,1H3,(H,22,23)/t11-/m0/s1. The fraction of sp³-hybridized carbons (Fsp3) is 0.214. The van der Waals surface area contributed by atoms with E-state index < -0.39 is 40.9 Å². The number of nitrogens with zero attached hydrogens (tertiary/aromatic N) is 2. The highest BCUT2D eigenvalue weighted by atomic mass is 19.4. The summed E-state index contributed by atoms with van der Waals surface area (Å²) in [7, 11) is 1.15. The highest BCUT2D eigenvalue weighted by molar-refractivity contribution is 5.88. The molecule has 0 aliphatic carbocycles. The quantitative estimate of drug-likeness (QED) is 0.827. The van der Waals surface area contributed by atoms with E-state index in [0.29, 0.717) is 6.07 Å². The Balaban J connectivity index is 2.56. The van der Waals surface area contributed by atoms with Crippen LogP contribution in [0.4, 0.5) is 17.6 Å². The van der Waals surface area contributed by atoms with Crippen molar-refractivity contribution in [2.75, 3.05) is 7.11 Å². The van der Waals surface area contributed by atoms with Crippen LogP contribution in [0.15, 0.2) is 24.4 Å². The van der Waals surface area contributed by atoms with Gasteiger partial charge in [-0.1, -0.05) is 6.07 Å². The van der Waals surface area contributed by atoms with Gasteiger partial charge in [-0.2, -0.15) is 13.2 Å². The fourth-order valence-corrected chi connectivity index (χ4v) is 1.89. The number of aliphatic hydroxyl groups is 1. The number of halogens is 4. The molecule has 2 rings (SSSR count). The van der Waals surface area contributed by atoms with Crippen molar-refractivity contribution < 1.29 is 37.3 Å². The summed E-state index contributed by atoms with van der Waals surface area (Å²) in [6.45, 7) is 0. The average Bonchev–Trinajstić information content (AvgIpc) is 2.53. The van der Waals surface area contributed by atoms with E-state index in [9.17, 15) is 27.5 Å². The molecular weight excluding hydrogens is 336 g/mol. The van der Waals surface area contributed by atoms with E-state index in [1.165, 1.54) is 0 Å². The van der Waals surface area contributed by atoms with Gasteiger partial charge in [0.15, 0.2) is 6.10 Å². The molecule has 0 fully saturated rings. The summed E-state index contributed by atoms with van der Waals surface area (Å²) in [5.41, 5.74) is -2.00. The normalized spacial score (nSPS) is 12.8. The summed E-state index contributed by atoms with van der Waals surface area (Å²) >= 11 is 0. The zero-order valence-electron chi connectivity index (χ0n) is 12.0. The molecule has 1 aromatic heterocycles. The van der Waals surface area contributed by atoms with Gasteiger partial charge >= 0.3 is 12.1 Å². The van der Waals surface area contributed by atoms with E-state index in [0.717, 1.165) is 25.4 Å². The van der Waals surface area contributed by atoms with Gasteiger partial charge in [0.2, 0.25) is 11.6 Å². The lowest BCUT2D eigenvalue weighted by Gasteiger charge is -2.16. The number of carbonyl (C=O) groups is 1. The molecule has 0 saturated heterocycles. The predicted molar refractivity (Wildman–Crippen MR) is 72.0 cm³/mol. The smallest absolute Gasteiger partial charge is 0.418 e. The first-order valence-electron chi connectivity index (χ1n) is 6.34. The van der Waals surface area contributed by atoms with E-state index in [1.807, 2.05) is 0 Å². The topological polar surface area (TPSA) is 92.5 Å². The molecule has 0 aliphatic rings. The van der Waals surface area contributed by atoms with Crippen molar-refractivity contribution in [2.45, 2.75) is 12.3 Å². The van der Waals surface area contributed by atoms with Gasteiger partial charge in [-0.05, 0) is 17.7 Å². The van der Waals surface area contributed by atoms with Crippen LogP contribution in [0.25, 0.3) is 11.3 Å². The Morgan fingerprint density at radius 3 is 2.54 bits per heavy atom. The van der Waals surface area contributed by atoms with E-state index in [4.69, 9.17) is 9.84 Å². The molecule has 1 atom stereocenters. The van der Waals surface area contributed by atoms with Gasteiger partial charge in [0, 0.05) is 5.56 Å². The minimum absolute atomic E-state index is 0.318. The lowest BCUT2D eigenvalue weighted by Crippen LogP contribution is -2.20. The minimum atomic E-state index is -4.94. The Bertz CT molecular complexity index is 780. The van der Waals surface area contributed by atoms with Crippen LogP contribution in [0, 0.1) is 5.82 Å². The van der Waals surface area contributed by atoms with Crippen molar-refractivity contribution in [1.82, 2.24) is 9.97 Å². The Morgan fingerprint density at radius 1 is 1.33 bits per heavy atom. The lowest BCUT2D eigenvalue weighted by atomic mass is 10.0. The number of alkyl halides is 3. The third-order valence-electron chi connectivity index (χ3n) is 3.03. The molecule has 0 bridgehead atoms. The van der Waals surface area contributed by atoms with Gasteiger partial charge in [0.25, 0.3) is 0 Å². The van der Waals surface area contributed by atoms with E-state index >= 15 is 0 Å². The first kappa shape index (κ1) is 17.6. The van der Waals surface area contributed by atoms with Crippen LogP contribution >= 0.6 is 0 Å². The van der Waals surface area contributed by atoms with Gasteiger partial charge < -0.3 is 14.9 Å². The number of rotatable bonds is 4. The molecule has 1 aromatic carbocycles. The molecule has 0 amide bonds. The molecule has 0 spiro atoms. The van der Waals surface area contributed by atoms with Crippen molar-refractivity contribution in [3.63, 3.8) is 0 Å². The maximum atomic E-state index is 13.9. The lowest BCUT2D eigenvalue weighted by molar-refractivity contribution is -0.206. The number of ether oxygens (including phenoxy) is 1. The molecule has 0 saturated carbocycles. The minimum Gasteiger partial charge on any atom is -0.479 e. The average molecular weight is 346 g/mol. The Hall–Kier alpha value is -2.75. The number of aromatic carboxylic acids is 1. The number of hydrogen-bond acceptors (Lipinski definition) is 5. The molecule has 0 radical (unpaired) electrons. The van der Waals surface area contributed by atoms with Crippen molar-refractivity contribution in [1.29, 1.82) is 0 Å². The molecule has 2 N–H and O–H groups in total. The summed E-state index contributed by atoms with van der Waals surface area (Å²) in [5, 5.41) is 18.3. The number of benzene rings is 1. The number of hydrogen-bond donors (Lipinski definition) is 2. The number of aromatic nitrogens is 2. The van der Waals surface area contributed by atoms with E-state index in [-0.39, 0.29) is 11.6 Å². The Kier molecular flexibility index (Phi) is 4.69. The molecule has 1 heterocycles. The van der Waals surface area contributed by atoms with Crippen molar-refractivity contribution in [3.8, 4) is 17.1 Å². The van der Waals surface area contributed by atoms with Crippen molar-refractivity contribution in [3.05, 3.63) is 41.5 Å². The molecule has 128 valence electrons. The highest BCUT2D eigenvalue weighted by Gasteiger charge is 2.39. The first-order valence-corrected chi connectivity index (χ1v) is 6.34. The van der Waals surface area contributed by atoms with E-state index in [2.05, 4.69) is 9.97 Å². The molecular formula is C14H10F4N2O4. The summed E-state index contributed by atoms with van der Waals surface area (Å²) in [4.78, 5) is 18.4. The molecule has 24 heavy (non-hydrogen) atoms. The Labute approximate surface area is 132 Å². The van der Waals surface area contributed by atoms with E-state index in [1.54, 1.807) is 0 Å². The summed E-state index contributed by atoms with van der Waals surface area (Å²) in [6, 6.07) is 2.22. The maximum Gasteiger partial charge on any atom is 0.418 e. The fourth-order valence-electron chi connectivity index (χ4n) is 1.89. The maximum absolute atomic E-state index is 13.9. The second-order valence-electron chi connectivity index (χ2n) is 4.60. The number of carboxylic acid groups (broad SMARTS) is 1. The summed E-state index contributed by atoms with van der Waals surface area (Å²) < 4.78 is 56.3. The SMILES string of the molecule is COc1ncc(-c2cc([C@H](O)C(F)(F)F)ccc2F)nc1C(=O)O. The third-order valence-corrected chi connectivity index (χ3v) is 3.03. The zero-order chi connectivity index (χ0) is 18.1. The molecule has 2 aromatic rings. The van der Waals surface area contributed by atoms with Gasteiger partial charge in [-0.3, -0.25) is 0 Å². The van der Waals surface area contributed by atoms with Gasteiger partial charge in [0.05, 0.1) is 19.0 Å². The second-order valence-corrected chi connectivity index (χ2v) is 4.60. The zero-order valence-corrected chi connectivity index (χ0v) is 12.0. The van der Waals surface area contributed by atoms with Gasteiger partial charge in [0.1, 0.15) is 5.82 Å². The van der Waals surface area contributed by atoms with Gasteiger partial charge in [-0.15, -0.1) is 0 Å². The second kappa shape index (κ2) is 6.40. The highest BCUT2D eigenvalue weighted by Crippen LogP contribution is 2.34. The number of aliphatic hydroxyl groups excluding tert-OH is 1. The largest absolute Gasteiger partial charge is 0.479 e. The predicted octanol–water partition coefficient (Wildman–Crippen LogP) is 2.59. The summed E-state index contributed by atoms with van der Waals surface area (Å²) in [5.74, 6) is -2.80. The van der Waals surface area contributed by atoms with Crippen LogP contribution in [0.5, 0.6) is 5.88 Å². The van der Waals surface area contributed by atoms with Crippen LogP contribution in [0.2, 0.25) is 0 Å². The van der Waals surface area contributed by atoms with Crippen LogP contribution in [-0.2, 0) is 0 Å². The van der Waals surface area contributed by atoms with Crippen molar-refractivity contribution in [2.24, 2.45) is 0 Å².